The van der Waals surface area contributed by atoms with Gasteiger partial charge in [0.1, 0.15) is 10.8 Å². The average Bonchev–Trinajstić information content (AvgIpc) is 2.58. The van der Waals surface area contributed by atoms with E-state index in [0.717, 1.165) is 13.0 Å². The Bertz CT molecular complexity index is 393. The molecule has 86 valence electrons. The van der Waals surface area contributed by atoms with E-state index in [4.69, 9.17) is 11.6 Å². The van der Waals surface area contributed by atoms with E-state index < -0.39 is 0 Å². The number of carbonyl (C=O) groups is 1. The molecule has 0 radical (unpaired) electrons. The van der Waals surface area contributed by atoms with Crippen molar-refractivity contribution >= 4 is 17.5 Å². The van der Waals surface area contributed by atoms with Gasteiger partial charge in [-0.1, -0.05) is 18.5 Å². The van der Waals surface area contributed by atoms with Crippen LogP contribution in [0.5, 0.6) is 0 Å². The first-order valence-corrected chi connectivity index (χ1v) is 5.74. The molecule has 1 aliphatic rings. The number of likely N-dealkylation sites (tertiary alicyclic amines) is 1. The van der Waals surface area contributed by atoms with Crippen molar-refractivity contribution in [2.45, 2.75) is 26.3 Å². The van der Waals surface area contributed by atoms with Crippen LogP contribution in [0.2, 0.25) is 5.15 Å². The van der Waals surface area contributed by atoms with Crippen LogP contribution >= 0.6 is 11.6 Å². The molecule has 2 rings (SSSR count). The fourth-order valence-corrected chi connectivity index (χ4v) is 2.25. The summed E-state index contributed by atoms with van der Waals surface area (Å²) in [5, 5.41) is 0.305. The minimum absolute atomic E-state index is 0.0546. The molecule has 16 heavy (non-hydrogen) atoms. The number of rotatable bonds is 1. The van der Waals surface area contributed by atoms with Crippen molar-refractivity contribution in [2.24, 2.45) is 5.92 Å². The van der Waals surface area contributed by atoms with Crippen molar-refractivity contribution in [3.63, 3.8) is 0 Å². The molecule has 1 amide bonds. The molecule has 2 atom stereocenters. The Labute approximate surface area is 99.6 Å². The van der Waals surface area contributed by atoms with Crippen LogP contribution in [0.1, 0.15) is 30.8 Å². The standard InChI is InChI=1S/C11H14ClN3O/c1-7-3-8(2)15(6-7)11(16)9-4-14-10(12)5-13-9/h4-5,7-8H,3,6H2,1-2H3. The molecule has 0 bridgehead atoms. The van der Waals surface area contributed by atoms with Crippen LogP contribution in [0.25, 0.3) is 0 Å². The number of carbonyl (C=O) groups excluding carboxylic acids is 1. The van der Waals surface area contributed by atoms with Gasteiger partial charge in [-0.15, -0.1) is 0 Å². The molecule has 0 saturated carbocycles. The fraction of sp³-hybridized carbons (Fsp3) is 0.545. The number of hydrogen-bond donors (Lipinski definition) is 0. The first kappa shape index (κ1) is 11.3. The third kappa shape index (κ3) is 2.16. The van der Waals surface area contributed by atoms with Gasteiger partial charge in [-0.05, 0) is 19.3 Å². The molecule has 1 aliphatic heterocycles. The normalized spacial score (nSPS) is 24.8. The second-order valence-corrected chi connectivity index (χ2v) is 4.76. The Morgan fingerprint density at radius 3 is 2.69 bits per heavy atom. The molecule has 2 heterocycles. The minimum atomic E-state index is -0.0546. The second-order valence-electron chi connectivity index (χ2n) is 4.37. The van der Waals surface area contributed by atoms with Gasteiger partial charge in [0.25, 0.3) is 5.91 Å². The van der Waals surface area contributed by atoms with Crippen molar-refractivity contribution in [2.75, 3.05) is 6.54 Å². The van der Waals surface area contributed by atoms with Crippen LogP contribution in [-0.4, -0.2) is 33.4 Å². The summed E-state index contributed by atoms with van der Waals surface area (Å²) in [5.74, 6) is 0.500. The highest BCUT2D eigenvalue weighted by atomic mass is 35.5. The molecule has 0 N–H and O–H groups in total. The number of aromatic nitrogens is 2. The van der Waals surface area contributed by atoms with E-state index in [1.165, 1.54) is 12.4 Å². The van der Waals surface area contributed by atoms with E-state index in [9.17, 15) is 4.79 Å². The highest BCUT2D eigenvalue weighted by Crippen LogP contribution is 2.23. The van der Waals surface area contributed by atoms with Gasteiger partial charge in [0.2, 0.25) is 0 Å². The zero-order chi connectivity index (χ0) is 11.7. The number of amides is 1. The smallest absolute Gasteiger partial charge is 0.274 e. The van der Waals surface area contributed by atoms with Gasteiger partial charge in [-0.2, -0.15) is 0 Å². The molecule has 0 aromatic carbocycles. The maximum atomic E-state index is 12.1. The van der Waals surface area contributed by atoms with Crippen LogP contribution in [0, 0.1) is 5.92 Å². The summed E-state index contributed by atoms with van der Waals surface area (Å²) in [7, 11) is 0. The van der Waals surface area contributed by atoms with Crippen LogP contribution in [0.4, 0.5) is 0 Å². The van der Waals surface area contributed by atoms with Gasteiger partial charge in [0, 0.05) is 12.6 Å². The van der Waals surface area contributed by atoms with Crippen molar-refractivity contribution in [1.82, 2.24) is 14.9 Å². The van der Waals surface area contributed by atoms with Crippen LogP contribution in [0.3, 0.4) is 0 Å². The monoisotopic (exact) mass is 239 g/mol. The summed E-state index contributed by atoms with van der Waals surface area (Å²) < 4.78 is 0. The Balaban J connectivity index is 2.16. The third-order valence-electron chi connectivity index (χ3n) is 2.88. The van der Waals surface area contributed by atoms with E-state index in [-0.39, 0.29) is 11.9 Å². The summed E-state index contributed by atoms with van der Waals surface area (Å²) in [6, 6.07) is 0.278. The Kier molecular flexibility index (Phi) is 3.10. The lowest BCUT2D eigenvalue weighted by molar-refractivity contribution is 0.0737. The molecule has 4 nitrogen and oxygen atoms in total. The fourth-order valence-electron chi connectivity index (χ4n) is 2.15. The van der Waals surface area contributed by atoms with E-state index in [1.54, 1.807) is 0 Å². The van der Waals surface area contributed by atoms with Crippen molar-refractivity contribution in [3.8, 4) is 0 Å². The van der Waals surface area contributed by atoms with E-state index in [2.05, 4.69) is 23.8 Å². The SMILES string of the molecule is CC1CC(C)N(C(=O)c2cnc(Cl)cn2)C1. The maximum absolute atomic E-state index is 12.1. The summed E-state index contributed by atoms with van der Waals surface area (Å²) in [5.41, 5.74) is 0.366. The Morgan fingerprint density at radius 2 is 2.19 bits per heavy atom. The molecule has 2 unspecified atom stereocenters. The molecule has 1 saturated heterocycles. The van der Waals surface area contributed by atoms with E-state index in [0.29, 0.717) is 16.8 Å². The van der Waals surface area contributed by atoms with Gasteiger partial charge in [0.05, 0.1) is 12.4 Å². The Hall–Kier alpha value is -1.16. The summed E-state index contributed by atoms with van der Waals surface area (Å²) >= 11 is 5.63. The quantitative estimate of drug-likeness (QED) is 0.753. The van der Waals surface area contributed by atoms with Gasteiger partial charge in [-0.3, -0.25) is 4.79 Å². The molecule has 1 fully saturated rings. The molecule has 5 heteroatoms. The van der Waals surface area contributed by atoms with Gasteiger partial charge in [-0.25, -0.2) is 9.97 Å². The zero-order valence-electron chi connectivity index (χ0n) is 9.35. The third-order valence-corrected chi connectivity index (χ3v) is 3.08. The first-order chi connectivity index (χ1) is 7.58. The highest BCUT2D eigenvalue weighted by Gasteiger charge is 2.31. The number of nitrogens with zero attached hydrogens (tertiary/aromatic N) is 3. The number of halogens is 1. The second kappa shape index (κ2) is 4.37. The van der Waals surface area contributed by atoms with Crippen molar-refractivity contribution < 1.29 is 4.79 Å². The number of hydrogen-bond acceptors (Lipinski definition) is 3. The van der Waals surface area contributed by atoms with Gasteiger partial charge in [0.15, 0.2) is 0 Å². The summed E-state index contributed by atoms with van der Waals surface area (Å²) in [4.78, 5) is 21.8. The highest BCUT2D eigenvalue weighted by molar-refractivity contribution is 6.29. The molecular formula is C11H14ClN3O. The molecule has 0 spiro atoms. The maximum Gasteiger partial charge on any atom is 0.274 e. The van der Waals surface area contributed by atoms with Crippen LogP contribution in [0.15, 0.2) is 12.4 Å². The summed E-state index contributed by atoms with van der Waals surface area (Å²) in [6.45, 7) is 5.01. The minimum Gasteiger partial charge on any atom is -0.334 e. The van der Waals surface area contributed by atoms with Gasteiger partial charge >= 0.3 is 0 Å². The lowest BCUT2D eigenvalue weighted by atomic mass is 10.1. The summed E-state index contributed by atoms with van der Waals surface area (Å²) in [6.07, 6.45) is 3.88. The largest absolute Gasteiger partial charge is 0.334 e. The van der Waals surface area contributed by atoms with Crippen LogP contribution in [-0.2, 0) is 0 Å². The van der Waals surface area contributed by atoms with Crippen molar-refractivity contribution in [1.29, 1.82) is 0 Å². The average molecular weight is 240 g/mol. The molecular weight excluding hydrogens is 226 g/mol. The predicted molar refractivity (Wildman–Crippen MR) is 61.3 cm³/mol. The topological polar surface area (TPSA) is 46.1 Å². The van der Waals surface area contributed by atoms with Crippen LogP contribution < -0.4 is 0 Å². The molecule has 1 aromatic rings. The van der Waals surface area contributed by atoms with E-state index >= 15 is 0 Å². The lowest BCUT2D eigenvalue weighted by Gasteiger charge is -2.20. The lowest BCUT2D eigenvalue weighted by Crippen LogP contribution is -2.34. The Morgan fingerprint density at radius 1 is 1.44 bits per heavy atom. The van der Waals surface area contributed by atoms with Crippen molar-refractivity contribution in [3.05, 3.63) is 23.2 Å². The molecule has 0 aliphatic carbocycles. The van der Waals surface area contributed by atoms with E-state index in [1.807, 2.05) is 4.90 Å². The van der Waals surface area contributed by atoms with Gasteiger partial charge < -0.3 is 4.90 Å². The predicted octanol–water partition coefficient (Wildman–Crippen LogP) is 2.00. The molecule has 1 aromatic heterocycles. The first-order valence-electron chi connectivity index (χ1n) is 5.36. The zero-order valence-corrected chi connectivity index (χ0v) is 10.1.